The molecule has 0 saturated carbocycles. The van der Waals surface area contributed by atoms with E-state index in [4.69, 9.17) is 14.6 Å². The van der Waals surface area contributed by atoms with E-state index in [0.717, 1.165) is 11.1 Å². The van der Waals surface area contributed by atoms with Crippen molar-refractivity contribution in [2.75, 3.05) is 19.8 Å². The third-order valence-electron chi connectivity index (χ3n) is 3.01. The summed E-state index contributed by atoms with van der Waals surface area (Å²) in [5.41, 5.74) is 1.70. The molecule has 98 valence electrons. The smallest absolute Gasteiger partial charge is 0.304 e. The van der Waals surface area contributed by atoms with Gasteiger partial charge in [0.05, 0.1) is 13.0 Å². The van der Waals surface area contributed by atoms with Crippen LogP contribution in [0.2, 0.25) is 0 Å². The second kappa shape index (κ2) is 5.27. The van der Waals surface area contributed by atoms with Crippen molar-refractivity contribution < 1.29 is 24.5 Å². The molecule has 0 aliphatic carbocycles. The van der Waals surface area contributed by atoms with Crippen LogP contribution in [-0.4, -0.2) is 36.0 Å². The number of aliphatic hydroxyl groups is 1. The Bertz CT molecular complexity index is 455. The van der Waals surface area contributed by atoms with Gasteiger partial charge < -0.3 is 19.7 Å². The first-order chi connectivity index (χ1) is 8.61. The van der Waals surface area contributed by atoms with Gasteiger partial charge in [-0.3, -0.25) is 4.79 Å². The molecule has 1 aliphatic rings. The highest BCUT2D eigenvalue weighted by Gasteiger charge is 2.21. The number of aryl methyl sites for hydroxylation is 1. The number of ether oxygens (including phenoxy) is 2. The predicted molar refractivity (Wildman–Crippen MR) is 64.2 cm³/mol. The number of fused-ring (bicyclic) bond motifs is 1. The van der Waals surface area contributed by atoms with Crippen LogP contribution in [0.25, 0.3) is 0 Å². The number of carbonyl (C=O) groups is 1. The van der Waals surface area contributed by atoms with Crippen molar-refractivity contribution in [1.29, 1.82) is 0 Å². The molecule has 2 rings (SSSR count). The van der Waals surface area contributed by atoms with E-state index >= 15 is 0 Å². The molecule has 1 aromatic rings. The molecular formula is C13H16O5. The minimum Gasteiger partial charge on any atom is -0.486 e. The van der Waals surface area contributed by atoms with Crippen molar-refractivity contribution in [3.8, 4) is 11.5 Å². The van der Waals surface area contributed by atoms with Gasteiger partial charge in [-0.25, -0.2) is 0 Å². The van der Waals surface area contributed by atoms with Crippen LogP contribution in [-0.2, 0) is 4.79 Å². The Morgan fingerprint density at radius 2 is 1.94 bits per heavy atom. The van der Waals surface area contributed by atoms with E-state index in [1.54, 1.807) is 6.07 Å². The molecule has 1 aliphatic heterocycles. The van der Waals surface area contributed by atoms with Gasteiger partial charge in [0.2, 0.25) is 0 Å². The molecule has 5 nitrogen and oxygen atoms in total. The molecule has 1 aromatic carbocycles. The SMILES string of the molecule is Cc1cc2c(cc1C(CO)CC(=O)O)OCCO2. The molecule has 1 heterocycles. The van der Waals surface area contributed by atoms with Crippen molar-refractivity contribution >= 4 is 5.97 Å². The fourth-order valence-electron chi connectivity index (χ4n) is 2.13. The minimum atomic E-state index is -0.927. The topological polar surface area (TPSA) is 76.0 Å². The zero-order valence-corrected chi connectivity index (χ0v) is 10.2. The fourth-order valence-corrected chi connectivity index (χ4v) is 2.13. The Kier molecular flexibility index (Phi) is 3.72. The van der Waals surface area contributed by atoms with Gasteiger partial charge in [-0.05, 0) is 30.2 Å². The summed E-state index contributed by atoms with van der Waals surface area (Å²) in [6, 6.07) is 3.60. The maximum atomic E-state index is 10.8. The second-order valence-electron chi connectivity index (χ2n) is 4.33. The lowest BCUT2D eigenvalue weighted by Crippen LogP contribution is -2.17. The van der Waals surface area contributed by atoms with Gasteiger partial charge in [-0.2, -0.15) is 0 Å². The van der Waals surface area contributed by atoms with Gasteiger partial charge in [0, 0.05) is 5.92 Å². The maximum absolute atomic E-state index is 10.8. The predicted octanol–water partition coefficient (Wildman–Crippen LogP) is 1.32. The first kappa shape index (κ1) is 12.7. The largest absolute Gasteiger partial charge is 0.486 e. The number of aliphatic carboxylic acids is 1. The van der Waals surface area contributed by atoms with Crippen LogP contribution in [0.15, 0.2) is 12.1 Å². The highest BCUT2D eigenvalue weighted by Crippen LogP contribution is 2.36. The summed E-state index contributed by atoms with van der Waals surface area (Å²) in [6.07, 6.45) is -0.100. The number of aliphatic hydroxyl groups excluding tert-OH is 1. The molecule has 1 atom stereocenters. The monoisotopic (exact) mass is 252 g/mol. The highest BCUT2D eigenvalue weighted by atomic mass is 16.6. The van der Waals surface area contributed by atoms with Crippen LogP contribution in [0.3, 0.4) is 0 Å². The summed E-state index contributed by atoms with van der Waals surface area (Å²) in [5.74, 6) is -0.0538. The average Bonchev–Trinajstić information content (AvgIpc) is 2.35. The number of rotatable bonds is 4. The normalized spacial score (nSPS) is 15.2. The molecule has 0 spiro atoms. The van der Waals surface area contributed by atoms with Gasteiger partial charge in [0.1, 0.15) is 13.2 Å². The van der Waals surface area contributed by atoms with E-state index in [-0.39, 0.29) is 13.0 Å². The summed E-state index contributed by atoms with van der Waals surface area (Å²) in [6.45, 7) is 2.67. The number of carboxylic acid groups (broad SMARTS) is 1. The summed E-state index contributed by atoms with van der Waals surface area (Å²) in [7, 11) is 0. The summed E-state index contributed by atoms with van der Waals surface area (Å²) < 4.78 is 10.9. The number of hydrogen-bond acceptors (Lipinski definition) is 4. The standard InChI is InChI=1S/C13H16O5/c1-8-4-11-12(18-3-2-17-11)6-10(8)9(7-14)5-13(15)16/h4,6,9,14H,2-3,5,7H2,1H3,(H,15,16). The molecule has 2 N–H and O–H groups in total. The quantitative estimate of drug-likeness (QED) is 0.845. The zero-order valence-electron chi connectivity index (χ0n) is 10.2. The molecule has 0 radical (unpaired) electrons. The van der Waals surface area contributed by atoms with Crippen molar-refractivity contribution in [2.24, 2.45) is 0 Å². The van der Waals surface area contributed by atoms with Crippen LogP contribution in [0.4, 0.5) is 0 Å². The maximum Gasteiger partial charge on any atom is 0.304 e. The van der Waals surface area contributed by atoms with Gasteiger partial charge >= 0.3 is 5.97 Å². The highest BCUT2D eigenvalue weighted by molar-refractivity contribution is 5.68. The molecule has 0 bridgehead atoms. The molecule has 0 aromatic heterocycles. The fraction of sp³-hybridized carbons (Fsp3) is 0.462. The van der Waals surface area contributed by atoms with Crippen molar-refractivity contribution in [1.82, 2.24) is 0 Å². The molecule has 0 saturated heterocycles. The van der Waals surface area contributed by atoms with Crippen LogP contribution >= 0.6 is 0 Å². The van der Waals surface area contributed by atoms with E-state index < -0.39 is 11.9 Å². The van der Waals surface area contributed by atoms with Crippen LogP contribution in [0.1, 0.15) is 23.5 Å². The lowest BCUT2D eigenvalue weighted by Gasteiger charge is -2.22. The molecular weight excluding hydrogens is 236 g/mol. The van der Waals surface area contributed by atoms with Crippen LogP contribution < -0.4 is 9.47 Å². The second-order valence-corrected chi connectivity index (χ2v) is 4.33. The third kappa shape index (κ3) is 2.56. The van der Waals surface area contributed by atoms with Gasteiger partial charge in [0.15, 0.2) is 11.5 Å². The van der Waals surface area contributed by atoms with Crippen molar-refractivity contribution in [2.45, 2.75) is 19.3 Å². The molecule has 5 heteroatoms. The molecule has 0 fully saturated rings. The van der Waals surface area contributed by atoms with Gasteiger partial charge in [0.25, 0.3) is 0 Å². The van der Waals surface area contributed by atoms with Crippen molar-refractivity contribution in [3.05, 3.63) is 23.3 Å². The summed E-state index contributed by atoms with van der Waals surface area (Å²) >= 11 is 0. The first-order valence-corrected chi connectivity index (χ1v) is 5.84. The Morgan fingerprint density at radius 1 is 1.33 bits per heavy atom. The van der Waals surface area contributed by atoms with E-state index in [1.807, 2.05) is 13.0 Å². The Morgan fingerprint density at radius 3 is 2.50 bits per heavy atom. The third-order valence-corrected chi connectivity index (χ3v) is 3.01. The van der Waals surface area contributed by atoms with Crippen molar-refractivity contribution in [3.63, 3.8) is 0 Å². The molecule has 0 amide bonds. The van der Waals surface area contributed by atoms with Gasteiger partial charge in [-0.15, -0.1) is 0 Å². The van der Waals surface area contributed by atoms with Crippen LogP contribution in [0.5, 0.6) is 11.5 Å². The van der Waals surface area contributed by atoms with E-state index in [0.29, 0.717) is 24.7 Å². The van der Waals surface area contributed by atoms with E-state index in [2.05, 4.69) is 0 Å². The number of hydrogen-bond donors (Lipinski definition) is 2. The minimum absolute atomic E-state index is 0.100. The molecule has 1 unspecified atom stereocenters. The van der Waals surface area contributed by atoms with Gasteiger partial charge in [-0.1, -0.05) is 0 Å². The van der Waals surface area contributed by atoms with Crippen LogP contribution in [0, 0.1) is 6.92 Å². The lowest BCUT2D eigenvalue weighted by molar-refractivity contribution is -0.137. The lowest BCUT2D eigenvalue weighted by atomic mass is 9.92. The summed E-state index contributed by atoms with van der Waals surface area (Å²) in [5, 5.41) is 18.2. The van der Waals surface area contributed by atoms with E-state index in [9.17, 15) is 9.90 Å². The zero-order chi connectivity index (χ0) is 13.1. The van der Waals surface area contributed by atoms with E-state index in [1.165, 1.54) is 0 Å². The Balaban J connectivity index is 2.34. The number of carboxylic acids is 1. The summed E-state index contributed by atoms with van der Waals surface area (Å²) in [4.78, 5) is 10.8. The Labute approximate surface area is 105 Å². The first-order valence-electron chi connectivity index (χ1n) is 5.84. The number of benzene rings is 1. The molecule has 18 heavy (non-hydrogen) atoms. The average molecular weight is 252 g/mol. The Hall–Kier alpha value is -1.75.